The van der Waals surface area contributed by atoms with Crippen molar-refractivity contribution in [3.63, 3.8) is 0 Å². The maximum Gasteiger partial charge on any atom is 0.157 e. The van der Waals surface area contributed by atoms with Crippen molar-refractivity contribution in [1.29, 1.82) is 0 Å². The molecular formula is C17H21N7O2. The maximum atomic E-state index is 10.3. The predicted octanol–water partition coefficient (Wildman–Crippen LogP) is 0.0790. The minimum atomic E-state index is -0.541. The minimum Gasteiger partial charge on any atom is -0.483 e. The summed E-state index contributed by atoms with van der Waals surface area (Å²) in [7, 11) is 1.83. The Kier molecular flexibility index (Phi) is 4.63. The number of aryl methyl sites for hydroxylation is 1. The molecule has 1 N–H and O–H groups in total. The van der Waals surface area contributed by atoms with Crippen LogP contribution in [0.2, 0.25) is 0 Å². The third-order valence-corrected chi connectivity index (χ3v) is 4.32. The molecular weight excluding hydrogens is 334 g/mol. The highest BCUT2D eigenvalue weighted by molar-refractivity contribution is 5.13. The molecule has 0 aromatic carbocycles. The average molecular weight is 355 g/mol. The van der Waals surface area contributed by atoms with Gasteiger partial charge in [-0.05, 0) is 11.6 Å². The molecule has 3 aromatic heterocycles. The van der Waals surface area contributed by atoms with E-state index in [2.05, 4.69) is 25.3 Å². The van der Waals surface area contributed by atoms with E-state index in [-0.39, 0.29) is 6.10 Å². The second-order valence-electron chi connectivity index (χ2n) is 6.54. The Bertz CT molecular complexity index is 848. The molecule has 9 nitrogen and oxygen atoms in total. The van der Waals surface area contributed by atoms with E-state index >= 15 is 0 Å². The van der Waals surface area contributed by atoms with Crippen LogP contribution < -0.4 is 4.74 Å². The summed E-state index contributed by atoms with van der Waals surface area (Å²) in [6.45, 7) is 2.43. The fourth-order valence-corrected chi connectivity index (χ4v) is 3.11. The van der Waals surface area contributed by atoms with E-state index in [9.17, 15) is 5.11 Å². The van der Waals surface area contributed by atoms with Gasteiger partial charge in [0.25, 0.3) is 0 Å². The lowest BCUT2D eigenvalue weighted by molar-refractivity contribution is 0.0736. The number of likely N-dealkylation sites (tertiary alicyclic amines) is 1. The van der Waals surface area contributed by atoms with Crippen LogP contribution in [0, 0.1) is 0 Å². The monoisotopic (exact) mass is 355 g/mol. The quantitative estimate of drug-likeness (QED) is 0.669. The Morgan fingerprint density at radius 3 is 2.92 bits per heavy atom. The zero-order valence-electron chi connectivity index (χ0n) is 14.5. The Morgan fingerprint density at radius 1 is 1.23 bits per heavy atom. The molecule has 1 saturated heterocycles. The summed E-state index contributed by atoms with van der Waals surface area (Å²) < 4.78 is 9.31. The average Bonchev–Trinajstić information content (AvgIpc) is 3.32. The number of nitrogens with zero attached hydrogens (tertiary/aromatic N) is 7. The summed E-state index contributed by atoms with van der Waals surface area (Å²) in [6, 6.07) is 3.91. The summed E-state index contributed by atoms with van der Waals surface area (Å²) in [4.78, 5) is 6.22. The minimum absolute atomic E-state index is 0.273. The van der Waals surface area contributed by atoms with Crippen molar-refractivity contribution in [2.75, 3.05) is 13.1 Å². The van der Waals surface area contributed by atoms with Crippen molar-refractivity contribution in [2.24, 2.45) is 7.05 Å². The van der Waals surface area contributed by atoms with Gasteiger partial charge in [0, 0.05) is 39.1 Å². The Morgan fingerprint density at radius 2 is 2.15 bits per heavy atom. The zero-order valence-corrected chi connectivity index (χ0v) is 14.5. The van der Waals surface area contributed by atoms with Crippen molar-refractivity contribution in [1.82, 2.24) is 34.7 Å². The van der Waals surface area contributed by atoms with Crippen molar-refractivity contribution < 1.29 is 9.84 Å². The lowest BCUT2D eigenvalue weighted by Crippen LogP contribution is -2.29. The van der Waals surface area contributed by atoms with Gasteiger partial charge in [-0.2, -0.15) is 5.10 Å². The molecule has 0 amide bonds. The molecule has 0 spiro atoms. The first kappa shape index (κ1) is 16.7. The Hall–Kier alpha value is -2.78. The largest absolute Gasteiger partial charge is 0.483 e. The molecule has 1 fully saturated rings. The van der Waals surface area contributed by atoms with Gasteiger partial charge in [-0.1, -0.05) is 11.3 Å². The number of β-amino-alcohol motifs (C(OH)–C–C–N with tert-alkyl or cyclic N) is 1. The van der Waals surface area contributed by atoms with Crippen LogP contribution in [0.25, 0.3) is 0 Å². The molecule has 0 unspecified atom stereocenters. The highest BCUT2D eigenvalue weighted by Crippen LogP contribution is 2.19. The van der Waals surface area contributed by atoms with E-state index in [1.165, 1.54) is 0 Å². The molecule has 3 aromatic rings. The maximum absolute atomic E-state index is 10.3. The second kappa shape index (κ2) is 7.22. The summed E-state index contributed by atoms with van der Waals surface area (Å²) in [5, 5.41) is 22.7. The standard InChI is InChI=1S/C17H21N7O2/c1-22-10-15(6-19-22)26-17-12-23(11-16(17)25)8-14-9-24(21-20-14)7-13-3-2-4-18-5-13/h2-6,9-10,16-17,25H,7-8,11-12H2,1H3/t16-,17-/m1/s1. The number of ether oxygens (including phenoxy) is 1. The molecule has 4 rings (SSSR count). The van der Waals surface area contributed by atoms with E-state index < -0.39 is 6.10 Å². The first-order valence-electron chi connectivity index (χ1n) is 8.49. The number of aromatic nitrogens is 6. The van der Waals surface area contributed by atoms with Gasteiger partial charge in [0.1, 0.15) is 12.2 Å². The molecule has 0 saturated carbocycles. The molecule has 4 heterocycles. The lowest BCUT2D eigenvalue weighted by atomic mass is 10.3. The van der Waals surface area contributed by atoms with Crippen LogP contribution in [-0.4, -0.2) is 65.1 Å². The van der Waals surface area contributed by atoms with Crippen LogP contribution in [-0.2, 0) is 20.1 Å². The Balaban J connectivity index is 1.33. The summed E-state index contributed by atoms with van der Waals surface area (Å²) in [5.74, 6) is 0.667. The highest BCUT2D eigenvalue weighted by atomic mass is 16.5. The van der Waals surface area contributed by atoms with Gasteiger partial charge in [0.2, 0.25) is 0 Å². The SMILES string of the molecule is Cn1cc(O[C@@H]2CN(Cc3cn(Cc4cccnc4)nn3)C[C@H]2O)cn1. The normalized spacial score (nSPS) is 20.5. The molecule has 1 aliphatic rings. The van der Waals surface area contributed by atoms with E-state index in [0.717, 1.165) is 11.3 Å². The van der Waals surface area contributed by atoms with Gasteiger partial charge in [-0.15, -0.1) is 5.10 Å². The zero-order chi connectivity index (χ0) is 17.9. The van der Waals surface area contributed by atoms with Gasteiger partial charge in [-0.25, -0.2) is 4.68 Å². The van der Waals surface area contributed by atoms with Gasteiger partial charge < -0.3 is 9.84 Å². The first-order valence-corrected chi connectivity index (χ1v) is 8.49. The first-order chi connectivity index (χ1) is 12.7. The van der Waals surface area contributed by atoms with Crippen LogP contribution in [0.15, 0.2) is 43.1 Å². The Labute approximate surface area is 150 Å². The third-order valence-electron chi connectivity index (χ3n) is 4.32. The molecule has 9 heteroatoms. The number of rotatable bonds is 6. The topological polar surface area (TPSA) is 94.1 Å². The van der Waals surface area contributed by atoms with Gasteiger partial charge >= 0.3 is 0 Å². The molecule has 0 aliphatic carbocycles. The van der Waals surface area contributed by atoms with E-state index in [1.807, 2.05) is 31.6 Å². The molecule has 0 bridgehead atoms. The summed E-state index contributed by atoms with van der Waals surface area (Å²) in [5.41, 5.74) is 1.94. The molecule has 2 atom stereocenters. The van der Waals surface area contributed by atoms with Gasteiger partial charge in [0.05, 0.1) is 30.8 Å². The van der Waals surface area contributed by atoms with Gasteiger partial charge in [0.15, 0.2) is 5.75 Å². The van der Waals surface area contributed by atoms with Crippen LogP contribution in [0.3, 0.4) is 0 Å². The van der Waals surface area contributed by atoms with Crippen molar-refractivity contribution >= 4 is 0 Å². The fourth-order valence-electron chi connectivity index (χ4n) is 3.11. The van der Waals surface area contributed by atoms with Crippen LogP contribution in [0.1, 0.15) is 11.3 Å². The van der Waals surface area contributed by atoms with Crippen LogP contribution in [0.5, 0.6) is 5.75 Å². The number of aliphatic hydroxyl groups excluding tert-OH is 1. The van der Waals surface area contributed by atoms with Crippen LogP contribution >= 0.6 is 0 Å². The van der Waals surface area contributed by atoms with Crippen molar-refractivity contribution in [2.45, 2.75) is 25.3 Å². The van der Waals surface area contributed by atoms with E-state index in [0.29, 0.717) is 31.9 Å². The number of hydrogen-bond acceptors (Lipinski definition) is 7. The van der Waals surface area contributed by atoms with E-state index in [1.54, 1.807) is 28.0 Å². The summed E-state index contributed by atoms with van der Waals surface area (Å²) in [6.07, 6.45) is 8.12. The van der Waals surface area contributed by atoms with Crippen molar-refractivity contribution in [3.8, 4) is 5.75 Å². The second-order valence-corrected chi connectivity index (χ2v) is 6.54. The smallest absolute Gasteiger partial charge is 0.157 e. The number of pyridine rings is 1. The third kappa shape index (κ3) is 3.89. The van der Waals surface area contributed by atoms with E-state index in [4.69, 9.17) is 4.74 Å². The van der Waals surface area contributed by atoms with Gasteiger partial charge in [-0.3, -0.25) is 14.6 Å². The molecule has 1 aliphatic heterocycles. The lowest BCUT2D eigenvalue weighted by Gasteiger charge is -2.15. The molecule has 26 heavy (non-hydrogen) atoms. The van der Waals surface area contributed by atoms with Crippen LogP contribution in [0.4, 0.5) is 0 Å². The molecule has 136 valence electrons. The number of hydrogen-bond donors (Lipinski definition) is 1. The predicted molar refractivity (Wildman–Crippen MR) is 92.3 cm³/mol. The molecule has 0 radical (unpaired) electrons. The number of aliphatic hydroxyl groups is 1. The summed E-state index contributed by atoms with van der Waals surface area (Å²) >= 11 is 0. The fraction of sp³-hybridized carbons (Fsp3) is 0.412. The highest BCUT2D eigenvalue weighted by Gasteiger charge is 2.33. The van der Waals surface area contributed by atoms with Crippen molar-refractivity contribution in [3.05, 3.63) is 54.4 Å².